The molecule has 1 fully saturated rings. The van der Waals surface area contributed by atoms with Crippen LogP contribution >= 0.6 is 23.2 Å². The summed E-state index contributed by atoms with van der Waals surface area (Å²) in [5, 5.41) is 3.40. The molecule has 0 saturated heterocycles. The van der Waals surface area contributed by atoms with E-state index < -0.39 is 10.0 Å². The van der Waals surface area contributed by atoms with Gasteiger partial charge in [0, 0.05) is 11.7 Å². The lowest BCUT2D eigenvalue weighted by Crippen LogP contribution is -2.36. The van der Waals surface area contributed by atoms with Gasteiger partial charge in [-0.1, -0.05) is 42.5 Å². The van der Waals surface area contributed by atoms with E-state index in [9.17, 15) is 13.2 Å². The molecule has 0 atom stereocenters. The lowest BCUT2D eigenvalue weighted by Gasteiger charge is -2.22. The normalized spacial score (nSPS) is 15.0. The van der Waals surface area contributed by atoms with Gasteiger partial charge in [-0.3, -0.25) is 4.79 Å². The van der Waals surface area contributed by atoms with Gasteiger partial charge in [0.1, 0.15) is 5.75 Å². The predicted octanol–water partition coefficient (Wildman–Crippen LogP) is 4.93. The van der Waals surface area contributed by atoms with Crippen LogP contribution in [-0.4, -0.2) is 27.0 Å². The van der Waals surface area contributed by atoms with Crippen molar-refractivity contribution in [1.29, 1.82) is 0 Å². The fourth-order valence-corrected chi connectivity index (χ4v) is 5.06. The van der Waals surface area contributed by atoms with Crippen molar-refractivity contribution < 1.29 is 17.9 Å². The number of halogens is 2. The Labute approximate surface area is 187 Å². The number of amides is 1. The maximum absolute atomic E-state index is 12.6. The second-order valence-electron chi connectivity index (χ2n) is 7.35. The van der Waals surface area contributed by atoms with Crippen molar-refractivity contribution in [3.8, 4) is 5.75 Å². The van der Waals surface area contributed by atoms with Crippen LogP contribution in [0.2, 0.25) is 10.0 Å². The Morgan fingerprint density at radius 1 is 1.07 bits per heavy atom. The van der Waals surface area contributed by atoms with E-state index in [0.717, 1.165) is 32.1 Å². The standard InChI is InChI=1S/C21H24Cl2N2O4S/c1-14-11-17(30(27,28)25-15-5-3-2-4-6-15)8-10-20(14)29-13-21(26)24-16-7-9-18(22)19(23)12-16/h7-12,15,25H,2-6,13H2,1H3,(H,24,26). The summed E-state index contributed by atoms with van der Waals surface area (Å²) in [6.45, 7) is 1.51. The molecule has 2 aromatic carbocycles. The number of hydrogen-bond donors (Lipinski definition) is 2. The van der Waals surface area contributed by atoms with E-state index in [4.69, 9.17) is 27.9 Å². The minimum Gasteiger partial charge on any atom is -0.483 e. The highest BCUT2D eigenvalue weighted by atomic mass is 35.5. The third-order valence-corrected chi connectivity index (χ3v) is 7.20. The largest absolute Gasteiger partial charge is 0.483 e. The number of carbonyl (C=O) groups is 1. The van der Waals surface area contributed by atoms with E-state index in [1.54, 1.807) is 37.3 Å². The van der Waals surface area contributed by atoms with Crippen LogP contribution in [0, 0.1) is 6.92 Å². The minimum atomic E-state index is -3.59. The molecule has 0 spiro atoms. The number of benzene rings is 2. The summed E-state index contributed by atoms with van der Waals surface area (Å²) in [6.07, 6.45) is 4.98. The lowest BCUT2D eigenvalue weighted by atomic mass is 9.96. The highest BCUT2D eigenvalue weighted by molar-refractivity contribution is 7.89. The van der Waals surface area contributed by atoms with Crippen molar-refractivity contribution in [3.05, 3.63) is 52.0 Å². The van der Waals surface area contributed by atoms with Crippen molar-refractivity contribution in [2.75, 3.05) is 11.9 Å². The molecular formula is C21H24Cl2N2O4S. The molecule has 3 rings (SSSR count). The zero-order chi connectivity index (χ0) is 21.7. The summed E-state index contributed by atoms with van der Waals surface area (Å²) in [4.78, 5) is 12.3. The zero-order valence-corrected chi connectivity index (χ0v) is 18.9. The fourth-order valence-electron chi connectivity index (χ4n) is 3.37. The first-order chi connectivity index (χ1) is 14.2. The Bertz CT molecular complexity index is 1020. The monoisotopic (exact) mass is 470 g/mol. The summed E-state index contributed by atoms with van der Waals surface area (Å²) < 4.78 is 33.6. The molecule has 2 aromatic rings. The van der Waals surface area contributed by atoms with Crippen LogP contribution in [-0.2, 0) is 14.8 Å². The first-order valence-electron chi connectivity index (χ1n) is 9.75. The van der Waals surface area contributed by atoms with E-state index in [1.807, 2.05) is 0 Å². The van der Waals surface area contributed by atoms with Gasteiger partial charge in [0.05, 0.1) is 14.9 Å². The fraction of sp³-hybridized carbons (Fsp3) is 0.381. The van der Waals surface area contributed by atoms with Gasteiger partial charge in [-0.05, 0) is 61.7 Å². The summed E-state index contributed by atoms with van der Waals surface area (Å²) in [5.74, 6) is 0.0688. The van der Waals surface area contributed by atoms with Crippen LogP contribution < -0.4 is 14.8 Å². The summed E-state index contributed by atoms with van der Waals surface area (Å²) in [5.41, 5.74) is 1.13. The van der Waals surface area contributed by atoms with Crippen molar-refractivity contribution in [3.63, 3.8) is 0 Å². The van der Waals surface area contributed by atoms with E-state index in [0.29, 0.717) is 27.0 Å². The average molecular weight is 471 g/mol. The molecule has 0 aromatic heterocycles. The van der Waals surface area contributed by atoms with E-state index in [1.165, 1.54) is 6.07 Å². The van der Waals surface area contributed by atoms with E-state index >= 15 is 0 Å². The number of ether oxygens (including phenoxy) is 1. The lowest BCUT2D eigenvalue weighted by molar-refractivity contribution is -0.118. The molecule has 162 valence electrons. The topological polar surface area (TPSA) is 84.5 Å². The third kappa shape index (κ3) is 6.11. The van der Waals surface area contributed by atoms with Crippen LogP contribution in [0.25, 0.3) is 0 Å². The summed E-state index contributed by atoms with van der Waals surface area (Å²) in [6, 6.07) is 9.37. The minimum absolute atomic E-state index is 0.00921. The molecule has 0 heterocycles. The van der Waals surface area contributed by atoms with Crippen LogP contribution in [0.3, 0.4) is 0 Å². The van der Waals surface area contributed by atoms with E-state index in [-0.39, 0.29) is 23.5 Å². The maximum atomic E-state index is 12.6. The molecule has 0 bridgehead atoms. The number of sulfonamides is 1. The summed E-state index contributed by atoms with van der Waals surface area (Å²) >= 11 is 11.8. The number of hydrogen-bond acceptors (Lipinski definition) is 4. The quantitative estimate of drug-likeness (QED) is 0.600. The highest BCUT2D eigenvalue weighted by Gasteiger charge is 2.22. The SMILES string of the molecule is Cc1cc(S(=O)(=O)NC2CCCCC2)ccc1OCC(=O)Nc1ccc(Cl)c(Cl)c1. The van der Waals surface area contributed by atoms with Gasteiger partial charge in [0.15, 0.2) is 6.61 Å². The Morgan fingerprint density at radius 2 is 1.80 bits per heavy atom. The third-order valence-electron chi connectivity index (χ3n) is 4.95. The molecule has 6 nitrogen and oxygen atoms in total. The first-order valence-corrected chi connectivity index (χ1v) is 12.0. The Hall–Kier alpha value is -1.80. The van der Waals surface area contributed by atoms with E-state index in [2.05, 4.69) is 10.0 Å². The molecule has 2 N–H and O–H groups in total. The number of aryl methyl sites for hydroxylation is 1. The molecule has 1 aliphatic rings. The molecule has 0 unspecified atom stereocenters. The van der Waals surface area contributed by atoms with Gasteiger partial charge < -0.3 is 10.1 Å². The van der Waals surface area contributed by atoms with Crippen molar-refractivity contribution in [1.82, 2.24) is 4.72 Å². The van der Waals surface area contributed by atoms with Gasteiger partial charge in [-0.15, -0.1) is 0 Å². The number of nitrogens with one attached hydrogen (secondary N) is 2. The van der Waals surface area contributed by atoms with Crippen molar-refractivity contribution in [2.45, 2.75) is 50.0 Å². The molecule has 1 saturated carbocycles. The van der Waals surface area contributed by atoms with Crippen LogP contribution in [0.5, 0.6) is 5.75 Å². The number of anilines is 1. The first kappa shape index (κ1) is 22.9. The highest BCUT2D eigenvalue weighted by Crippen LogP contribution is 2.26. The van der Waals surface area contributed by atoms with Crippen molar-refractivity contribution >= 4 is 44.8 Å². The molecule has 1 aliphatic carbocycles. The molecule has 1 amide bonds. The molecule has 0 radical (unpaired) electrons. The smallest absolute Gasteiger partial charge is 0.262 e. The molecule has 0 aliphatic heterocycles. The van der Waals surface area contributed by atoms with Gasteiger partial charge in [0.25, 0.3) is 5.91 Å². The van der Waals surface area contributed by atoms with Crippen LogP contribution in [0.1, 0.15) is 37.7 Å². The molecular weight excluding hydrogens is 447 g/mol. The number of rotatable bonds is 7. The average Bonchev–Trinajstić information content (AvgIpc) is 2.70. The summed E-state index contributed by atoms with van der Waals surface area (Å²) in [7, 11) is -3.59. The van der Waals surface area contributed by atoms with Crippen LogP contribution in [0.15, 0.2) is 41.3 Å². The predicted molar refractivity (Wildman–Crippen MR) is 119 cm³/mol. The van der Waals surface area contributed by atoms with Gasteiger partial charge in [-0.2, -0.15) is 0 Å². The Balaban J connectivity index is 1.59. The Kier molecular flexibility index (Phi) is 7.63. The molecule has 30 heavy (non-hydrogen) atoms. The van der Waals surface area contributed by atoms with Gasteiger partial charge >= 0.3 is 0 Å². The Morgan fingerprint density at radius 3 is 2.47 bits per heavy atom. The van der Waals surface area contributed by atoms with Gasteiger partial charge in [-0.25, -0.2) is 13.1 Å². The zero-order valence-electron chi connectivity index (χ0n) is 16.6. The van der Waals surface area contributed by atoms with Gasteiger partial charge in [0.2, 0.25) is 10.0 Å². The maximum Gasteiger partial charge on any atom is 0.262 e. The van der Waals surface area contributed by atoms with Crippen molar-refractivity contribution in [2.24, 2.45) is 0 Å². The second kappa shape index (κ2) is 10.0. The molecule has 9 heteroatoms. The number of carbonyl (C=O) groups excluding carboxylic acids is 1. The second-order valence-corrected chi connectivity index (χ2v) is 9.88. The van der Waals surface area contributed by atoms with Crippen LogP contribution in [0.4, 0.5) is 5.69 Å².